The van der Waals surface area contributed by atoms with Gasteiger partial charge in [-0.05, 0) is 55.6 Å². The molecule has 0 saturated heterocycles. The lowest BCUT2D eigenvalue weighted by Crippen LogP contribution is -2.17. The fourth-order valence-corrected chi connectivity index (χ4v) is 2.42. The Bertz CT molecular complexity index is 561. The third-order valence-corrected chi connectivity index (χ3v) is 3.61. The molecule has 0 aromatic heterocycles. The van der Waals surface area contributed by atoms with Crippen LogP contribution in [0.15, 0.2) is 42.5 Å². The van der Waals surface area contributed by atoms with Crippen molar-refractivity contribution in [1.82, 2.24) is 5.32 Å². The number of nitrogens with one attached hydrogen (secondary N) is 2. The molecule has 20 heavy (non-hydrogen) atoms. The van der Waals surface area contributed by atoms with Crippen LogP contribution >= 0.6 is 0 Å². The zero-order chi connectivity index (χ0) is 14.4. The van der Waals surface area contributed by atoms with Crippen molar-refractivity contribution in [3.63, 3.8) is 0 Å². The molecule has 0 aliphatic heterocycles. The number of aryl methyl sites for hydroxylation is 2. The average molecular weight is 268 g/mol. The number of benzene rings is 2. The normalized spacial score (nSPS) is 10.6. The van der Waals surface area contributed by atoms with Crippen LogP contribution in [0.2, 0.25) is 0 Å². The Labute approximate surface area is 122 Å². The molecule has 0 heterocycles. The second kappa shape index (κ2) is 7.11. The molecule has 0 saturated carbocycles. The minimum Gasteiger partial charge on any atom is -0.388 e. The topological polar surface area (TPSA) is 24.1 Å². The second-order valence-corrected chi connectivity index (χ2v) is 5.31. The van der Waals surface area contributed by atoms with Crippen LogP contribution in [0.25, 0.3) is 0 Å². The van der Waals surface area contributed by atoms with Crippen LogP contribution in [0.5, 0.6) is 0 Å². The molecule has 0 fully saturated rings. The maximum atomic E-state index is 3.52. The predicted octanol–water partition coefficient (Wildman–Crippen LogP) is 3.68. The van der Waals surface area contributed by atoms with Gasteiger partial charge in [-0.25, -0.2) is 0 Å². The van der Waals surface area contributed by atoms with Crippen molar-refractivity contribution in [3.8, 4) is 0 Å². The Morgan fingerprint density at radius 3 is 2.60 bits per heavy atom. The van der Waals surface area contributed by atoms with Gasteiger partial charge in [0, 0.05) is 19.3 Å². The fourth-order valence-electron chi connectivity index (χ4n) is 2.42. The van der Waals surface area contributed by atoms with Crippen molar-refractivity contribution in [1.29, 1.82) is 0 Å². The summed E-state index contributed by atoms with van der Waals surface area (Å²) in [5.74, 6) is 0. The summed E-state index contributed by atoms with van der Waals surface area (Å²) in [4.78, 5) is 0. The molecule has 0 atom stereocenters. The minimum absolute atomic E-state index is 0.917. The molecule has 2 rings (SSSR count). The summed E-state index contributed by atoms with van der Waals surface area (Å²) in [6.07, 6.45) is 1.08. The molecule has 106 valence electrons. The summed E-state index contributed by atoms with van der Waals surface area (Å²) in [7, 11) is 1.95. The Kier molecular flexibility index (Phi) is 5.19. The first-order valence-electron chi connectivity index (χ1n) is 7.22. The third-order valence-electron chi connectivity index (χ3n) is 3.61. The molecule has 2 aromatic carbocycles. The largest absolute Gasteiger partial charge is 0.388 e. The molecular formula is C18H24N2. The van der Waals surface area contributed by atoms with Gasteiger partial charge in [0.15, 0.2) is 0 Å². The first kappa shape index (κ1) is 14.6. The average Bonchev–Trinajstić information content (AvgIpc) is 2.45. The van der Waals surface area contributed by atoms with E-state index in [4.69, 9.17) is 0 Å². The monoisotopic (exact) mass is 268 g/mol. The molecule has 2 aromatic rings. The summed E-state index contributed by atoms with van der Waals surface area (Å²) < 4.78 is 0. The summed E-state index contributed by atoms with van der Waals surface area (Å²) >= 11 is 0. The van der Waals surface area contributed by atoms with Crippen molar-refractivity contribution < 1.29 is 0 Å². The van der Waals surface area contributed by atoms with E-state index in [-0.39, 0.29) is 0 Å². The Morgan fingerprint density at radius 2 is 1.85 bits per heavy atom. The minimum atomic E-state index is 0.917. The Balaban J connectivity index is 1.81. The lowest BCUT2D eigenvalue weighted by Gasteiger charge is -2.09. The van der Waals surface area contributed by atoms with E-state index in [1.54, 1.807) is 0 Å². The number of hydrogen-bond donors (Lipinski definition) is 2. The van der Waals surface area contributed by atoms with Gasteiger partial charge in [-0.2, -0.15) is 0 Å². The van der Waals surface area contributed by atoms with E-state index < -0.39 is 0 Å². The predicted molar refractivity (Wildman–Crippen MR) is 87.3 cm³/mol. The summed E-state index contributed by atoms with van der Waals surface area (Å²) in [5, 5.41) is 6.68. The van der Waals surface area contributed by atoms with Gasteiger partial charge in [0.05, 0.1) is 0 Å². The van der Waals surface area contributed by atoms with Crippen LogP contribution in [0.3, 0.4) is 0 Å². The molecule has 2 N–H and O–H groups in total. The third kappa shape index (κ3) is 4.10. The van der Waals surface area contributed by atoms with Gasteiger partial charge >= 0.3 is 0 Å². The first-order valence-corrected chi connectivity index (χ1v) is 7.22. The van der Waals surface area contributed by atoms with Gasteiger partial charge in [0.2, 0.25) is 0 Å². The van der Waals surface area contributed by atoms with Gasteiger partial charge in [-0.1, -0.05) is 35.9 Å². The maximum absolute atomic E-state index is 3.52. The smallest absolute Gasteiger partial charge is 0.0340 e. The standard InChI is InChI=1S/C18H24N2/c1-14-7-8-17(15(2)11-14)9-10-20-13-16-5-4-6-18(12-16)19-3/h4-8,11-12,19-20H,9-10,13H2,1-3H3. The van der Waals surface area contributed by atoms with Crippen LogP contribution in [0.4, 0.5) is 5.69 Å². The van der Waals surface area contributed by atoms with Crippen molar-refractivity contribution in [2.45, 2.75) is 26.8 Å². The van der Waals surface area contributed by atoms with Crippen molar-refractivity contribution in [2.75, 3.05) is 18.9 Å². The summed E-state index contributed by atoms with van der Waals surface area (Å²) in [6, 6.07) is 15.2. The van der Waals surface area contributed by atoms with Crippen LogP contribution in [-0.4, -0.2) is 13.6 Å². The zero-order valence-electron chi connectivity index (χ0n) is 12.7. The van der Waals surface area contributed by atoms with Gasteiger partial charge in [-0.3, -0.25) is 0 Å². The van der Waals surface area contributed by atoms with Crippen molar-refractivity contribution in [2.24, 2.45) is 0 Å². The van der Waals surface area contributed by atoms with Crippen molar-refractivity contribution in [3.05, 3.63) is 64.7 Å². The van der Waals surface area contributed by atoms with E-state index in [0.29, 0.717) is 0 Å². The van der Waals surface area contributed by atoms with Gasteiger partial charge in [0.25, 0.3) is 0 Å². The highest BCUT2D eigenvalue weighted by atomic mass is 14.8. The number of anilines is 1. The fraction of sp³-hybridized carbons (Fsp3) is 0.333. The SMILES string of the molecule is CNc1cccc(CNCCc2ccc(C)cc2C)c1. The molecule has 0 bridgehead atoms. The van der Waals surface area contributed by atoms with Gasteiger partial charge in [-0.15, -0.1) is 0 Å². The first-order chi connectivity index (χ1) is 9.69. The van der Waals surface area contributed by atoms with Crippen LogP contribution in [0, 0.1) is 13.8 Å². The van der Waals surface area contributed by atoms with E-state index in [2.05, 4.69) is 66.9 Å². The van der Waals surface area contributed by atoms with Crippen LogP contribution in [0.1, 0.15) is 22.3 Å². The van der Waals surface area contributed by atoms with E-state index in [0.717, 1.165) is 19.5 Å². The summed E-state index contributed by atoms with van der Waals surface area (Å²) in [6.45, 7) is 6.26. The van der Waals surface area contributed by atoms with E-state index in [1.165, 1.54) is 27.9 Å². The lowest BCUT2D eigenvalue weighted by atomic mass is 10.0. The Hall–Kier alpha value is -1.80. The highest BCUT2D eigenvalue weighted by molar-refractivity contribution is 5.44. The molecule has 0 spiro atoms. The molecular weight excluding hydrogens is 244 g/mol. The Morgan fingerprint density at radius 1 is 1.00 bits per heavy atom. The van der Waals surface area contributed by atoms with E-state index >= 15 is 0 Å². The second-order valence-electron chi connectivity index (χ2n) is 5.31. The van der Waals surface area contributed by atoms with E-state index in [1.807, 2.05) is 7.05 Å². The number of hydrogen-bond acceptors (Lipinski definition) is 2. The maximum Gasteiger partial charge on any atom is 0.0340 e. The summed E-state index contributed by atoms with van der Waals surface area (Å²) in [5.41, 5.74) is 6.65. The lowest BCUT2D eigenvalue weighted by molar-refractivity contribution is 0.685. The van der Waals surface area contributed by atoms with Crippen LogP contribution in [-0.2, 0) is 13.0 Å². The van der Waals surface area contributed by atoms with Crippen LogP contribution < -0.4 is 10.6 Å². The molecule has 2 nitrogen and oxygen atoms in total. The molecule has 0 aliphatic carbocycles. The molecule has 0 amide bonds. The van der Waals surface area contributed by atoms with Crippen molar-refractivity contribution >= 4 is 5.69 Å². The zero-order valence-corrected chi connectivity index (χ0v) is 12.7. The highest BCUT2D eigenvalue weighted by Crippen LogP contribution is 2.11. The molecule has 0 radical (unpaired) electrons. The molecule has 0 unspecified atom stereocenters. The quantitative estimate of drug-likeness (QED) is 0.781. The molecule has 0 aliphatic rings. The number of rotatable bonds is 6. The van der Waals surface area contributed by atoms with E-state index in [9.17, 15) is 0 Å². The highest BCUT2D eigenvalue weighted by Gasteiger charge is 1.99. The molecule has 2 heteroatoms. The van der Waals surface area contributed by atoms with Gasteiger partial charge < -0.3 is 10.6 Å². The van der Waals surface area contributed by atoms with Gasteiger partial charge in [0.1, 0.15) is 0 Å².